The lowest BCUT2D eigenvalue weighted by atomic mass is 10.5. The van der Waals surface area contributed by atoms with Gasteiger partial charge < -0.3 is 4.90 Å². The molecule has 0 spiro atoms. The summed E-state index contributed by atoms with van der Waals surface area (Å²) in [6.07, 6.45) is 3.55. The van der Waals surface area contributed by atoms with Crippen molar-refractivity contribution in [3.8, 4) is 0 Å². The van der Waals surface area contributed by atoms with E-state index in [0.29, 0.717) is 5.15 Å². The highest BCUT2D eigenvalue weighted by atomic mass is 35.5. The zero-order valence-corrected chi connectivity index (χ0v) is 8.15. The van der Waals surface area contributed by atoms with Gasteiger partial charge in [0.25, 0.3) is 0 Å². The van der Waals surface area contributed by atoms with E-state index in [-0.39, 0.29) is 0 Å². The van der Waals surface area contributed by atoms with Crippen molar-refractivity contribution in [1.29, 1.82) is 0 Å². The number of hydrogen-bond acceptors (Lipinski definition) is 3. The minimum Gasteiger partial charge on any atom is -0.373 e. The molecule has 13 heavy (non-hydrogen) atoms. The number of anilines is 1. The molecule has 0 aliphatic carbocycles. The highest BCUT2D eigenvalue weighted by Crippen LogP contribution is 2.18. The maximum Gasteiger partial charge on any atom is 0.180 e. The lowest BCUT2D eigenvalue weighted by molar-refractivity contribution is 0.939. The second-order valence-electron chi connectivity index (χ2n) is 2.94. The summed E-state index contributed by atoms with van der Waals surface area (Å²) in [4.78, 5) is 6.13. The molecule has 0 saturated carbocycles. The lowest BCUT2D eigenvalue weighted by Gasteiger charge is -2.08. The summed E-state index contributed by atoms with van der Waals surface area (Å²) in [5.74, 6) is 0. The van der Waals surface area contributed by atoms with E-state index in [4.69, 9.17) is 11.6 Å². The van der Waals surface area contributed by atoms with Crippen LogP contribution in [0.15, 0.2) is 18.5 Å². The van der Waals surface area contributed by atoms with E-state index in [0.717, 1.165) is 11.3 Å². The molecule has 2 heterocycles. The molecule has 2 aromatic heterocycles. The van der Waals surface area contributed by atoms with E-state index in [2.05, 4.69) is 10.1 Å². The smallest absolute Gasteiger partial charge is 0.180 e. The fourth-order valence-corrected chi connectivity index (χ4v) is 1.29. The Hall–Kier alpha value is -1.29. The number of rotatable bonds is 1. The second kappa shape index (κ2) is 2.88. The van der Waals surface area contributed by atoms with Crippen molar-refractivity contribution >= 4 is 22.9 Å². The SMILES string of the molecule is CN(C)c1cnn2ccc(Cl)nc12. The molecule has 0 radical (unpaired) electrons. The van der Waals surface area contributed by atoms with Gasteiger partial charge in [-0.1, -0.05) is 11.6 Å². The molecule has 5 heteroatoms. The first-order valence-electron chi connectivity index (χ1n) is 3.85. The summed E-state index contributed by atoms with van der Waals surface area (Å²) in [5.41, 5.74) is 1.74. The van der Waals surface area contributed by atoms with Crippen LogP contribution in [-0.2, 0) is 0 Å². The quantitative estimate of drug-likeness (QED) is 0.648. The monoisotopic (exact) mass is 196 g/mol. The molecule has 0 aliphatic heterocycles. The normalized spacial score (nSPS) is 10.7. The predicted octanol–water partition coefficient (Wildman–Crippen LogP) is 1.45. The summed E-state index contributed by atoms with van der Waals surface area (Å²) in [5, 5.41) is 4.62. The van der Waals surface area contributed by atoms with Crippen LogP contribution >= 0.6 is 11.6 Å². The van der Waals surface area contributed by atoms with Gasteiger partial charge in [-0.05, 0) is 6.07 Å². The first kappa shape index (κ1) is 8.31. The van der Waals surface area contributed by atoms with Gasteiger partial charge in [0.05, 0.1) is 6.20 Å². The van der Waals surface area contributed by atoms with Gasteiger partial charge in [-0.2, -0.15) is 5.10 Å². The third kappa shape index (κ3) is 1.33. The van der Waals surface area contributed by atoms with Gasteiger partial charge in [0.1, 0.15) is 10.8 Å². The molecule has 0 unspecified atom stereocenters. The van der Waals surface area contributed by atoms with Gasteiger partial charge in [-0.3, -0.25) is 0 Å². The molecule has 0 amide bonds. The number of fused-ring (bicyclic) bond motifs is 1. The Labute approximate surface area is 80.8 Å². The van der Waals surface area contributed by atoms with Crippen LogP contribution in [-0.4, -0.2) is 28.7 Å². The number of hydrogen-bond donors (Lipinski definition) is 0. The third-order valence-electron chi connectivity index (χ3n) is 1.80. The summed E-state index contributed by atoms with van der Waals surface area (Å²) >= 11 is 5.78. The van der Waals surface area contributed by atoms with Crippen LogP contribution < -0.4 is 4.90 Å². The molecule has 2 aromatic rings. The molecule has 0 fully saturated rings. The van der Waals surface area contributed by atoms with E-state index in [1.54, 1.807) is 23.0 Å². The number of nitrogens with zero attached hydrogens (tertiary/aromatic N) is 4. The molecule has 0 saturated heterocycles. The molecule has 4 nitrogen and oxygen atoms in total. The van der Waals surface area contributed by atoms with Crippen molar-refractivity contribution in [3.63, 3.8) is 0 Å². The van der Waals surface area contributed by atoms with Crippen molar-refractivity contribution in [2.45, 2.75) is 0 Å². The van der Waals surface area contributed by atoms with Gasteiger partial charge in [0, 0.05) is 20.3 Å². The summed E-state index contributed by atoms with van der Waals surface area (Å²) in [6, 6.07) is 1.71. The zero-order chi connectivity index (χ0) is 9.42. The van der Waals surface area contributed by atoms with E-state index in [9.17, 15) is 0 Å². The van der Waals surface area contributed by atoms with Crippen LogP contribution in [0, 0.1) is 0 Å². The highest BCUT2D eigenvalue weighted by molar-refractivity contribution is 6.29. The summed E-state index contributed by atoms with van der Waals surface area (Å²) in [7, 11) is 3.89. The first-order valence-corrected chi connectivity index (χ1v) is 4.23. The van der Waals surface area contributed by atoms with Gasteiger partial charge in [0.2, 0.25) is 0 Å². The van der Waals surface area contributed by atoms with Gasteiger partial charge in [-0.25, -0.2) is 9.50 Å². The number of halogens is 1. The Bertz CT molecular complexity index is 435. The molecular formula is C8H9ClN4. The fourth-order valence-electron chi connectivity index (χ4n) is 1.15. The Morgan fingerprint density at radius 1 is 1.46 bits per heavy atom. The largest absolute Gasteiger partial charge is 0.373 e. The summed E-state index contributed by atoms with van der Waals surface area (Å²) < 4.78 is 1.70. The Morgan fingerprint density at radius 3 is 2.92 bits per heavy atom. The molecule has 0 atom stereocenters. The Morgan fingerprint density at radius 2 is 2.23 bits per heavy atom. The van der Waals surface area contributed by atoms with Crippen molar-refractivity contribution in [2.75, 3.05) is 19.0 Å². The Balaban J connectivity index is 2.71. The molecule has 2 rings (SSSR count). The predicted molar refractivity (Wildman–Crippen MR) is 52.3 cm³/mol. The molecule has 68 valence electrons. The van der Waals surface area contributed by atoms with Crippen LogP contribution in [0.25, 0.3) is 5.65 Å². The maximum atomic E-state index is 5.78. The third-order valence-corrected chi connectivity index (χ3v) is 2.01. The van der Waals surface area contributed by atoms with Gasteiger partial charge in [-0.15, -0.1) is 0 Å². The van der Waals surface area contributed by atoms with Crippen LogP contribution in [0.3, 0.4) is 0 Å². The molecule has 0 N–H and O–H groups in total. The molecule has 0 bridgehead atoms. The van der Waals surface area contributed by atoms with E-state index in [1.807, 2.05) is 19.0 Å². The minimum absolute atomic E-state index is 0.483. The van der Waals surface area contributed by atoms with E-state index >= 15 is 0 Å². The van der Waals surface area contributed by atoms with Crippen molar-refractivity contribution < 1.29 is 0 Å². The molecule has 0 aromatic carbocycles. The van der Waals surface area contributed by atoms with Crippen LogP contribution in [0.5, 0.6) is 0 Å². The van der Waals surface area contributed by atoms with E-state index in [1.165, 1.54) is 0 Å². The second-order valence-corrected chi connectivity index (χ2v) is 3.33. The highest BCUT2D eigenvalue weighted by Gasteiger charge is 2.06. The van der Waals surface area contributed by atoms with E-state index < -0.39 is 0 Å². The average Bonchev–Trinajstić information content (AvgIpc) is 2.46. The van der Waals surface area contributed by atoms with Crippen LogP contribution in [0.1, 0.15) is 0 Å². The number of aromatic nitrogens is 3. The average molecular weight is 197 g/mol. The minimum atomic E-state index is 0.483. The maximum absolute atomic E-state index is 5.78. The molecule has 0 aliphatic rings. The van der Waals surface area contributed by atoms with Gasteiger partial charge in [0.15, 0.2) is 5.65 Å². The Kier molecular flexibility index (Phi) is 1.84. The fraction of sp³-hybridized carbons (Fsp3) is 0.250. The lowest BCUT2D eigenvalue weighted by Crippen LogP contribution is -2.08. The topological polar surface area (TPSA) is 33.4 Å². The standard InChI is InChI=1S/C8H9ClN4/c1-12(2)6-5-10-13-4-3-7(9)11-8(6)13/h3-5H,1-2H3. The molecular weight excluding hydrogens is 188 g/mol. The summed E-state index contributed by atoms with van der Waals surface area (Å²) in [6.45, 7) is 0. The zero-order valence-electron chi connectivity index (χ0n) is 7.40. The van der Waals surface area contributed by atoms with Crippen molar-refractivity contribution in [3.05, 3.63) is 23.6 Å². The van der Waals surface area contributed by atoms with Crippen molar-refractivity contribution in [2.24, 2.45) is 0 Å². The van der Waals surface area contributed by atoms with Crippen LogP contribution in [0.4, 0.5) is 5.69 Å². The van der Waals surface area contributed by atoms with Crippen molar-refractivity contribution in [1.82, 2.24) is 14.6 Å². The first-order chi connectivity index (χ1) is 6.18. The van der Waals surface area contributed by atoms with Crippen LogP contribution in [0.2, 0.25) is 5.15 Å². The van der Waals surface area contributed by atoms with Gasteiger partial charge >= 0.3 is 0 Å².